The summed E-state index contributed by atoms with van der Waals surface area (Å²) in [6.07, 6.45) is 1.48. The fourth-order valence-electron chi connectivity index (χ4n) is 4.04. The maximum absolute atomic E-state index is 12.6. The third kappa shape index (κ3) is 4.95. The predicted octanol–water partition coefficient (Wildman–Crippen LogP) is 3.73. The van der Waals surface area contributed by atoms with Gasteiger partial charge >= 0.3 is 0 Å². The maximum Gasteiger partial charge on any atom is 0.258 e. The zero-order valence-electron chi connectivity index (χ0n) is 20.0. The molecular weight excluding hydrogens is 430 g/mol. The molecule has 1 amide bonds. The Kier molecular flexibility index (Phi) is 6.40. The van der Waals surface area contributed by atoms with Gasteiger partial charge in [0.05, 0.1) is 17.2 Å². The van der Waals surface area contributed by atoms with Gasteiger partial charge in [0.1, 0.15) is 11.8 Å². The third-order valence-corrected chi connectivity index (χ3v) is 5.74. The highest BCUT2D eigenvalue weighted by Crippen LogP contribution is 2.29. The first-order valence-corrected chi connectivity index (χ1v) is 11.4. The van der Waals surface area contributed by atoms with E-state index < -0.39 is 5.54 Å². The van der Waals surface area contributed by atoms with Crippen LogP contribution in [0.2, 0.25) is 0 Å². The molecule has 2 aromatic carbocycles. The summed E-state index contributed by atoms with van der Waals surface area (Å²) in [6.45, 7) is 8.57. The van der Waals surface area contributed by atoms with Crippen molar-refractivity contribution in [2.45, 2.75) is 52.2 Å². The van der Waals surface area contributed by atoms with Crippen molar-refractivity contribution in [2.24, 2.45) is 5.73 Å². The zero-order chi connectivity index (χ0) is 24.5. The molecule has 0 aliphatic carbocycles. The first-order valence-electron chi connectivity index (χ1n) is 11.4. The molecule has 176 valence electrons. The fraction of sp³-hybridized carbons (Fsp3) is 0.385. The standard InChI is InChI=1S/C26H29N5O3/c1-16(2)33-22-8-7-20(14-21(22)15-27)24-29-23(30-34-24)19-6-5-17-9-11-31(12-10-18(17)13-19)25(32)26(3,4)28/h5-8,13-14,16H,9-12,28H2,1-4H3. The van der Waals surface area contributed by atoms with E-state index in [9.17, 15) is 10.1 Å². The molecule has 0 bridgehead atoms. The van der Waals surface area contributed by atoms with E-state index in [0.29, 0.717) is 41.7 Å². The van der Waals surface area contributed by atoms with Crippen LogP contribution >= 0.6 is 0 Å². The fourth-order valence-corrected chi connectivity index (χ4v) is 4.04. The lowest BCUT2D eigenvalue weighted by atomic mass is 10.00. The first kappa shape index (κ1) is 23.5. The van der Waals surface area contributed by atoms with E-state index in [1.165, 1.54) is 5.56 Å². The van der Waals surface area contributed by atoms with Gasteiger partial charge in [0.2, 0.25) is 11.7 Å². The molecule has 2 N–H and O–H groups in total. The van der Waals surface area contributed by atoms with Gasteiger partial charge in [-0.25, -0.2) is 0 Å². The number of nitrogens with zero attached hydrogens (tertiary/aromatic N) is 4. The molecule has 8 heteroatoms. The number of carbonyl (C=O) groups excluding carboxylic acids is 1. The van der Waals surface area contributed by atoms with Crippen LogP contribution in [0.15, 0.2) is 40.9 Å². The summed E-state index contributed by atoms with van der Waals surface area (Å²) in [7, 11) is 0. The van der Waals surface area contributed by atoms with E-state index >= 15 is 0 Å². The Morgan fingerprint density at radius 2 is 1.85 bits per heavy atom. The average Bonchev–Trinajstić information content (AvgIpc) is 3.19. The van der Waals surface area contributed by atoms with Crippen molar-refractivity contribution in [3.8, 4) is 34.7 Å². The number of benzene rings is 2. The van der Waals surface area contributed by atoms with Gasteiger partial charge in [-0.15, -0.1) is 0 Å². The second kappa shape index (κ2) is 9.27. The van der Waals surface area contributed by atoms with Crippen molar-refractivity contribution in [2.75, 3.05) is 13.1 Å². The topological polar surface area (TPSA) is 118 Å². The Morgan fingerprint density at radius 3 is 2.53 bits per heavy atom. The van der Waals surface area contributed by atoms with Gasteiger partial charge in [-0.2, -0.15) is 10.2 Å². The lowest BCUT2D eigenvalue weighted by Gasteiger charge is -2.28. The molecule has 1 aromatic heterocycles. The Labute approximate surface area is 199 Å². The second-order valence-corrected chi connectivity index (χ2v) is 9.41. The molecular formula is C26H29N5O3. The summed E-state index contributed by atoms with van der Waals surface area (Å²) in [5.41, 5.74) is 9.41. The number of ether oxygens (including phenoxy) is 1. The molecule has 0 radical (unpaired) electrons. The minimum atomic E-state index is -0.882. The van der Waals surface area contributed by atoms with Crippen LogP contribution in [0.3, 0.4) is 0 Å². The highest BCUT2D eigenvalue weighted by Gasteiger charge is 2.29. The average molecular weight is 460 g/mol. The van der Waals surface area contributed by atoms with Gasteiger partial charge in [0.15, 0.2) is 0 Å². The van der Waals surface area contributed by atoms with E-state index in [1.54, 1.807) is 32.0 Å². The highest BCUT2D eigenvalue weighted by molar-refractivity contribution is 5.85. The minimum absolute atomic E-state index is 0.0341. The number of nitriles is 1. The number of carbonyl (C=O) groups is 1. The summed E-state index contributed by atoms with van der Waals surface area (Å²) in [6, 6.07) is 13.5. The summed E-state index contributed by atoms with van der Waals surface area (Å²) >= 11 is 0. The van der Waals surface area contributed by atoms with E-state index in [1.807, 2.05) is 24.8 Å². The van der Waals surface area contributed by atoms with Crippen LogP contribution in [0.25, 0.3) is 22.8 Å². The van der Waals surface area contributed by atoms with Crippen LogP contribution in [0, 0.1) is 11.3 Å². The molecule has 1 aliphatic heterocycles. The number of hydrogen-bond donors (Lipinski definition) is 1. The van der Waals surface area contributed by atoms with Gasteiger partial charge < -0.3 is 19.9 Å². The molecule has 0 fully saturated rings. The van der Waals surface area contributed by atoms with Crippen molar-refractivity contribution < 1.29 is 14.1 Å². The van der Waals surface area contributed by atoms with Crippen molar-refractivity contribution in [1.82, 2.24) is 15.0 Å². The number of amides is 1. The van der Waals surface area contributed by atoms with Gasteiger partial charge in [0.25, 0.3) is 5.89 Å². The van der Waals surface area contributed by atoms with Crippen LogP contribution in [0.5, 0.6) is 5.75 Å². The lowest BCUT2D eigenvalue weighted by Crippen LogP contribution is -2.51. The summed E-state index contributed by atoms with van der Waals surface area (Å²) in [5.74, 6) is 1.29. The molecule has 8 nitrogen and oxygen atoms in total. The van der Waals surface area contributed by atoms with Crippen LogP contribution in [0.1, 0.15) is 44.4 Å². The largest absolute Gasteiger partial charge is 0.490 e. The second-order valence-electron chi connectivity index (χ2n) is 9.41. The highest BCUT2D eigenvalue weighted by atomic mass is 16.5. The van der Waals surface area contributed by atoms with Gasteiger partial charge in [0, 0.05) is 24.2 Å². The summed E-state index contributed by atoms with van der Waals surface area (Å²) < 4.78 is 11.2. The number of aromatic nitrogens is 2. The van der Waals surface area contributed by atoms with Crippen LogP contribution in [-0.2, 0) is 17.6 Å². The Balaban J connectivity index is 1.55. The Hall–Kier alpha value is -3.70. The van der Waals surface area contributed by atoms with Crippen LogP contribution in [-0.4, -0.2) is 45.7 Å². The van der Waals surface area contributed by atoms with Gasteiger partial charge in [-0.1, -0.05) is 17.3 Å². The molecule has 1 aliphatic rings. The third-order valence-electron chi connectivity index (χ3n) is 5.74. The Morgan fingerprint density at radius 1 is 1.15 bits per heavy atom. The summed E-state index contributed by atoms with van der Waals surface area (Å²) in [5, 5.41) is 13.6. The molecule has 0 saturated carbocycles. The smallest absolute Gasteiger partial charge is 0.258 e. The molecule has 3 aromatic rings. The molecule has 0 unspecified atom stereocenters. The van der Waals surface area contributed by atoms with Gasteiger partial charge in [-0.3, -0.25) is 4.79 Å². The number of hydrogen-bond acceptors (Lipinski definition) is 7. The summed E-state index contributed by atoms with van der Waals surface area (Å²) in [4.78, 5) is 19.0. The minimum Gasteiger partial charge on any atom is -0.490 e. The van der Waals surface area contributed by atoms with E-state index in [4.69, 9.17) is 15.0 Å². The van der Waals surface area contributed by atoms with E-state index in [0.717, 1.165) is 24.0 Å². The molecule has 0 saturated heterocycles. The van der Waals surface area contributed by atoms with Crippen molar-refractivity contribution in [3.05, 3.63) is 53.1 Å². The van der Waals surface area contributed by atoms with Gasteiger partial charge in [-0.05, 0) is 75.9 Å². The number of nitrogens with two attached hydrogens (primary N) is 1. The van der Waals surface area contributed by atoms with Crippen LogP contribution < -0.4 is 10.5 Å². The van der Waals surface area contributed by atoms with Crippen LogP contribution in [0.4, 0.5) is 0 Å². The molecule has 0 atom stereocenters. The molecule has 2 heterocycles. The normalized spacial score (nSPS) is 13.9. The lowest BCUT2D eigenvalue weighted by molar-refractivity contribution is -0.135. The van der Waals surface area contributed by atoms with Crippen molar-refractivity contribution >= 4 is 5.91 Å². The quantitative estimate of drug-likeness (QED) is 0.617. The zero-order valence-corrected chi connectivity index (χ0v) is 20.0. The predicted molar refractivity (Wildman–Crippen MR) is 128 cm³/mol. The number of rotatable bonds is 5. The monoisotopic (exact) mass is 459 g/mol. The molecule has 0 spiro atoms. The first-order chi connectivity index (χ1) is 16.2. The SMILES string of the molecule is CC(C)Oc1ccc(-c2nc(-c3ccc4c(c3)CCN(C(=O)C(C)(C)N)CC4)no2)cc1C#N. The van der Waals surface area contributed by atoms with E-state index in [-0.39, 0.29) is 12.0 Å². The maximum atomic E-state index is 12.6. The van der Waals surface area contributed by atoms with Crippen molar-refractivity contribution in [1.29, 1.82) is 5.26 Å². The molecule has 34 heavy (non-hydrogen) atoms. The van der Waals surface area contributed by atoms with E-state index in [2.05, 4.69) is 28.3 Å². The Bertz CT molecular complexity index is 1250. The number of fused-ring (bicyclic) bond motifs is 1. The van der Waals surface area contributed by atoms with Crippen molar-refractivity contribution in [3.63, 3.8) is 0 Å². The molecule has 4 rings (SSSR count).